The van der Waals surface area contributed by atoms with Crippen molar-refractivity contribution in [2.45, 2.75) is 12.8 Å². The highest BCUT2D eigenvalue weighted by molar-refractivity contribution is 5.85. The zero-order valence-electron chi connectivity index (χ0n) is 7.79. The van der Waals surface area contributed by atoms with Crippen LogP contribution in [0.25, 0.3) is 0 Å². The van der Waals surface area contributed by atoms with Gasteiger partial charge in [-0.3, -0.25) is 4.79 Å². The molecule has 3 nitrogen and oxygen atoms in total. The van der Waals surface area contributed by atoms with Crippen LogP contribution in [0.3, 0.4) is 0 Å². The maximum atomic E-state index is 11.1. The second kappa shape index (κ2) is 4.29. The van der Waals surface area contributed by atoms with Gasteiger partial charge in [-0.1, -0.05) is 0 Å². The van der Waals surface area contributed by atoms with Crippen LogP contribution in [0.4, 0.5) is 0 Å². The fourth-order valence-corrected chi connectivity index (χ4v) is 2.20. The van der Waals surface area contributed by atoms with Crippen LogP contribution in [0.5, 0.6) is 0 Å². The maximum absolute atomic E-state index is 11.1. The summed E-state index contributed by atoms with van der Waals surface area (Å²) < 4.78 is 4.70. The monoisotopic (exact) mass is 205 g/mol. The first-order valence-corrected chi connectivity index (χ1v) is 4.61. The number of rotatable bonds is 2. The van der Waals surface area contributed by atoms with Crippen molar-refractivity contribution in [2.75, 3.05) is 20.2 Å². The molecule has 2 fully saturated rings. The lowest BCUT2D eigenvalue weighted by molar-refractivity contribution is -0.142. The molecule has 1 aliphatic carbocycles. The molecule has 0 aromatic carbocycles. The first-order valence-electron chi connectivity index (χ1n) is 4.61. The average Bonchev–Trinajstić information content (AvgIpc) is 2.71. The average molecular weight is 206 g/mol. The molecule has 1 aliphatic heterocycles. The fraction of sp³-hybridized carbons (Fsp3) is 0.889. The molecule has 1 heterocycles. The summed E-state index contributed by atoms with van der Waals surface area (Å²) in [6.45, 7) is 2.22. The van der Waals surface area contributed by atoms with E-state index in [0.29, 0.717) is 5.92 Å². The minimum atomic E-state index is -0.00750. The fourth-order valence-electron chi connectivity index (χ4n) is 2.20. The number of methoxy groups -OCH3 is 1. The Balaban J connectivity index is 0.000000845. The SMILES string of the molecule is COC(=O)C1CC1C1CCNC1.Cl. The van der Waals surface area contributed by atoms with E-state index in [-0.39, 0.29) is 24.3 Å². The van der Waals surface area contributed by atoms with E-state index < -0.39 is 0 Å². The first kappa shape index (κ1) is 10.8. The van der Waals surface area contributed by atoms with Crippen LogP contribution in [-0.4, -0.2) is 26.2 Å². The van der Waals surface area contributed by atoms with Crippen LogP contribution in [0, 0.1) is 17.8 Å². The van der Waals surface area contributed by atoms with Crippen LogP contribution in [0.2, 0.25) is 0 Å². The summed E-state index contributed by atoms with van der Waals surface area (Å²) in [5.41, 5.74) is 0. The third-order valence-electron chi connectivity index (χ3n) is 3.05. The lowest BCUT2D eigenvalue weighted by Gasteiger charge is -2.05. The summed E-state index contributed by atoms with van der Waals surface area (Å²) in [5.74, 6) is 1.56. The number of carbonyl (C=O) groups excluding carboxylic acids is 1. The summed E-state index contributed by atoms with van der Waals surface area (Å²) in [7, 11) is 1.48. The number of hydrogen-bond acceptors (Lipinski definition) is 3. The Morgan fingerprint density at radius 1 is 1.54 bits per heavy atom. The van der Waals surface area contributed by atoms with E-state index in [1.807, 2.05) is 0 Å². The van der Waals surface area contributed by atoms with E-state index in [1.54, 1.807) is 0 Å². The van der Waals surface area contributed by atoms with Gasteiger partial charge in [-0.25, -0.2) is 0 Å². The number of nitrogens with one attached hydrogen (secondary N) is 1. The quantitative estimate of drug-likeness (QED) is 0.679. The molecule has 0 amide bonds. The highest BCUT2D eigenvalue weighted by Gasteiger charge is 2.48. The van der Waals surface area contributed by atoms with E-state index in [1.165, 1.54) is 13.5 Å². The van der Waals surface area contributed by atoms with Gasteiger partial charge < -0.3 is 10.1 Å². The number of hydrogen-bond donors (Lipinski definition) is 1. The van der Waals surface area contributed by atoms with Gasteiger partial charge in [0.05, 0.1) is 13.0 Å². The second-order valence-corrected chi connectivity index (χ2v) is 3.78. The normalized spacial score (nSPS) is 36.5. The van der Waals surface area contributed by atoms with Crippen molar-refractivity contribution in [3.63, 3.8) is 0 Å². The van der Waals surface area contributed by atoms with E-state index in [4.69, 9.17) is 4.74 Å². The molecule has 76 valence electrons. The molecule has 3 atom stereocenters. The largest absolute Gasteiger partial charge is 0.469 e. The molecular weight excluding hydrogens is 190 g/mol. The van der Waals surface area contributed by atoms with Gasteiger partial charge in [-0.15, -0.1) is 12.4 Å². The zero-order valence-corrected chi connectivity index (χ0v) is 8.60. The molecular formula is C9H16ClNO2. The summed E-state index contributed by atoms with van der Waals surface area (Å²) in [5, 5.41) is 3.32. The van der Waals surface area contributed by atoms with Gasteiger partial charge in [0.15, 0.2) is 0 Å². The molecule has 2 aliphatic rings. The number of halogens is 1. The van der Waals surface area contributed by atoms with Crippen LogP contribution in [0.1, 0.15) is 12.8 Å². The van der Waals surface area contributed by atoms with Gasteiger partial charge >= 0.3 is 5.97 Å². The van der Waals surface area contributed by atoms with Crippen LogP contribution in [-0.2, 0) is 9.53 Å². The predicted octanol–water partition coefficient (Wildman–Crippen LogP) is 0.827. The third-order valence-corrected chi connectivity index (χ3v) is 3.05. The summed E-state index contributed by atoms with van der Waals surface area (Å²) >= 11 is 0. The zero-order chi connectivity index (χ0) is 8.55. The molecule has 1 saturated carbocycles. The van der Waals surface area contributed by atoms with Crippen molar-refractivity contribution in [3.05, 3.63) is 0 Å². The minimum Gasteiger partial charge on any atom is -0.469 e. The number of esters is 1. The minimum absolute atomic E-state index is 0. The van der Waals surface area contributed by atoms with Crippen molar-refractivity contribution >= 4 is 18.4 Å². The van der Waals surface area contributed by atoms with Crippen LogP contribution < -0.4 is 5.32 Å². The highest BCUT2D eigenvalue weighted by atomic mass is 35.5. The lowest BCUT2D eigenvalue weighted by atomic mass is 10.0. The summed E-state index contributed by atoms with van der Waals surface area (Å²) in [4.78, 5) is 11.1. The van der Waals surface area contributed by atoms with Gasteiger partial charge in [0.2, 0.25) is 0 Å². The maximum Gasteiger partial charge on any atom is 0.308 e. The van der Waals surface area contributed by atoms with E-state index in [0.717, 1.165) is 25.4 Å². The molecule has 13 heavy (non-hydrogen) atoms. The number of carbonyl (C=O) groups is 1. The van der Waals surface area contributed by atoms with E-state index in [9.17, 15) is 4.79 Å². The first-order chi connectivity index (χ1) is 5.83. The van der Waals surface area contributed by atoms with Crippen molar-refractivity contribution in [1.82, 2.24) is 5.32 Å². The Bertz CT molecular complexity index is 192. The molecule has 0 spiro atoms. The van der Waals surface area contributed by atoms with Crippen molar-refractivity contribution in [3.8, 4) is 0 Å². The van der Waals surface area contributed by atoms with Crippen molar-refractivity contribution in [2.24, 2.45) is 17.8 Å². The van der Waals surface area contributed by atoms with Crippen molar-refractivity contribution < 1.29 is 9.53 Å². The molecule has 0 aromatic heterocycles. The molecule has 3 unspecified atom stereocenters. The Kier molecular flexibility index (Phi) is 3.56. The van der Waals surface area contributed by atoms with Crippen LogP contribution >= 0.6 is 12.4 Å². The Hall–Kier alpha value is -0.280. The molecule has 0 radical (unpaired) electrons. The third kappa shape index (κ3) is 2.15. The smallest absolute Gasteiger partial charge is 0.308 e. The Morgan fingerprint density at radius 3 is 2.85 bits per heavy atom. The van der Waals surface area contributed by atoms with Gasteiger partial charge in [0.25, 0.3) is 0 Å². The molecule has 1 saturated heterocycles. The van der Waals surface area contributed by atoms with Gasteiger partial charge in [0.1, 0.15) is 0 Å². The highest BCUT2D eigenvalue weighted by Crippen LogP contribution is 2.46. The van der Waals surface area contributed by atoms with E-state index in [2.05, 4.69) is 5.32 Å². The molecule has 0 aromatic rings. The standard InChI is InChI=1S/C9H15NO2.ClH/c1-12-9(11)8-4-7(8)6-2-3-10-5-6;/h6-8,10H,2-5H2,1H3;1H. The van der Waals surface area contributed by atoms with Gasteiger partial charge in [-0.2, -0.15) is 0 Å². The van der Waals surface area contributed by atoms with E-state index >= 15 is 0 Å². The Morgan fingerprint density at radius 2 is 2.31 bits per heavy atom. The van der Waals surface area contributed by atoms with Gasteiger partial charge in [-0.05, 0) is 37.8 Å². The van der Waals surface area contributed by atoms with Crippen LogP contribution in [0.15, 0.2) is 0 Å². The summed E-state index contributed by atoms with van der Waals surface area (Å²) in [6, 6.07) is 0. The molecule has 1 N–H and O–H groups in total. The Labute approximate surface area is 84.6 Å². The molecule has 2 rings (SSSR count). The number of ether oxygens (including phenoxy) is 1. The van der Waals surface area contributed by atoms with Crippen molar-refractivity contribution in [1.29, 1.82) is 0 Å². The molecule has 4 heteroatoms. The van der Waals surface area contributed by atoms with Gasteiger partial charge in [0, 0.05) is 0 Å². The molecule has 0 bridgehead atoms. The lowest BCUT2D eigenvalue weighted by Crippen LogP contribution is -2.13. The predicted molar refractivity (Wildman–Crippen MR) is 51.8 cm³/mol. The topological polar surface area (TPSA) is 38.3 Å². The summed E-state index contributed by atoms with van der Waals surface area (Å²) in [6.07, 6.45) is 2.29. The second-order valence-electron chi connectivity index (χ2n) is 3.78.